The fourth-order valence-electron chi connectivity index (χ4n) is 2.66. The second-order valence-corrected chi connectivity index (χ2v) is 4.57. The molecule has 0 radical (unpaired) electrons. The Labute approximate surface area is 111 Å². The van der Waals surface area contributed by atoms with Gasteiger partial charge in [-0.1, -0.05) is 54.6 Å². The van der Waals surface area contributed by atoms with Gasteiger partial charge in [-0.3, -0.25) is 0 Å². The number of benzene rings is 2. The molecule has 0 bridgehead atoms. The Morgan fingerprint density at radius 3 is 2.32 bits per heavy atom. The lowest BCUT2D eigenvalue weighted by Crippen LogP contribution is -1.88. The molecule has 4 rings (SSSR count). The maximum atomic E-state index is 4.52. The third-order valence-corrected chi connectivity index (χ3v) is 3.46. The van der Waals surface area contributed by atoms with E-state index in [-0.39, 0.29) is 0 Å². The normalized spacial score (nSPS) is 11.2. The first kappa shape index (κ1) is 10.3. The Bertz CT molecular complexity index is 807. The summed E-state index contributed by atoms with van der Waals surface area (Å²) in [5, 5.41) is 2.44. The third kappa shape index (κ3) is 1.47. The van der Waals surface area contributed by atoms with Gasteiger partial charge in [0.05, 0.1) is 5.69 Å². The van der Waals surface area contributed by atoms with Crippen molar-refractivity contribution in [2.45, 2.75) is 0 Å². The highest BCUT2D eigenvalue weighted by molar-refractivity contribution is 6.05. The van der Waals surface area contributed by atoms with Gasteiger partial charge < -0.3 is 4.40 Å². The van der Waals surface area contributed by atoms with Crippen LogP contribution in [-0.4, -0.2) is 9.38 Å². The predicted molar refractivity (Wildman–Crippen MR) is 78.1 cm³/mol. The molecule has 0 spiro atoms. The quantitative estimate of drug-likeness (QED) is 0.491. The minimum atomic E-state index is 1.01. The lowest BCUT2D eigenvalue weighted by molar-refractivity contribution is 1.14. The van der Waals surface area contributed by atoms with Crippen molar-refractivity contribution in [1.82, 2.24) is 9.38 Å². The van der Waals surface area contributed by atoms with Crippen LogP contribution >= 0.6 is 0 Å². The van der Waals surface area contributed by atoms with E-state index < -0.39 is 0 Å². The Morgan fingerprint density at radius 1 is 0.737 bits per heavy atom. The van der Waals surface area contributed by atoms with Crippen LogP contribution in [0.1, 0.15) is 0 Å². The van der Waals surface area contributed by atoms with Gasteiger partial charge in [0.2, 0.25) is 0 Å². The molecule has 2 nitrogen and oxygen atoms in total. The van der Waals surface area contributed by atoms with Gasteiger partial charge in [0, 0.05) is 23.2 Å². The molecule has 0 aliphatic heterocycles. The third-order valence-electron chi connectivity index (χ3n) is 3.46. The van der Waals surface area contributed by atoms with Crippen molar-refractivity contribution in [3.8, 4) is 11.3 Å². The van der Waals surface area contributed by atoms with Crippen LogP contribution in [0.15, 0.2) is 73.1 Å². The molecule has 0 unspecified atom stereocenters. The summed E-state index contributed by atoms with van der Waals surface area (Å²) in [6, 6.07) is 20.9. The summed E-state index contributed by atoms with van der Waals surface area (Å²) in [6.07, 6.45) is 3.92. The fourth-order valence-corrected chi connectivity index (χ4v) is 2.66. The number of rotatable bonds is 1. The van der Waals surface area contributed by atoms with E-state index in [1.54, 1.807) is 0 Å². The molecule has 2 heterocycles. The van der Waals surface area contributed by atoms with Crippen molar-refractivity contribution in [3.63, 3.8) is 0 Å². The van der Waals surface area contributed by atoms with E-state index in [0.717, 1.165) is 5.65 Å². The van der Waals surface area contributed by atoms with Gasteiger partial charge in [-0.05, 0) is 11.6 Å². The fraction of sp³-hybridized carbons (Fsp3) is 0. The minimum Gasteiger partial charge on any atom is -0.300 e. The average molecular weight is 244 g/mol. The van der Waals surface area contributed by atoms with Gasteiger partial charge in [-0.2, -0.15) is 0 Å². The van der Waals surface area contributed by atoms with Gasteiger partial charge in [0.25, 0.3) is 0 Å². The average Bonchev–Trinajstić information content (AvgIpc) is 2.83. The topological polar surface area (TPSA) is 17.3 Å². The maximum Gasteiger partial charge on any atom is 0.145 e. The Balaban J connectivity index is 2.24. The van der Waals surface area contributed by atoms with E-state index in [1.807, 2.05) is 18.3 Å². The van der Waals surface area contributed by atoms with Crippen LogP contribution in [-0.2, 0) is 0 Å². The van der Waals surface area contributed by atoms with E-state index in [4.69, 9.17) is 0 Å². The van der Waals surface area contributed by atoms with Crippen LogP contribution < -0.4 is 0 Å². The van der Waals surface area contributed by atoms with Gasteiger partial charge in [0.1, 0.15) is 5.65 Å². The lowest BCUT2D eigenvalue weighted by Gasteiger charge is -2.02. The van der Waals surface area contributed by atoms with Crippen LogP contribution in [0, 0.1) is 0 Å². The summed E-state index contributed by atoms with van der Waals surface area (Å²) < 4.78 is 2.17. The number of aromatic nitrogens is 2. The molecule has 0 amide bonds. The zero-order valence-corrected chi connectivity index (χ0v) is 10.3. The van der Waals surface area contributed by atoms with E-state index in [0.29, 0.717) is 0 Å². The second kappa shape index (κ2) is 3.95. The highest BCUT2D eigenvalue weighted by atomic mass is 15.0. The van der Waals surface area contributed by atoms with E-state index >= 15 is 0 Å². The molecule has 0 aliphatic carbocycles. The minimum absolute atomic E-state index is 1.01. The smallest absolute Gasteiger partial charge is 0.145 e. The summed E-state index contributed by atoms with van der Waals surface area (Å²) in [4.78, 5) is 4.52. The van der Waals surface area contributed by atoms with Gasteiger partial charge >= 0.3 is 0 Å². The molecule has 19 heavy (non-hydrogen) atoms. The summed E-state index contributed by atoms with van der Waals surface area (Å²) in [5.41, 5.74) is 3.43. The van der Waals surface area contributed by atoms with Crippen LogP contribution in [0.4, 0.5) is 0 Å². The van der Waals surface area contributed by atoms with Crippen molar-refractivity contribution in [1.29, 1.82) is 0 Å². The molecule has 0 saturated carbocycles. The van der Waals surface area contributed by atoms with E-state index in [2.05, 4.69) is 64.1 Å². The molecule has 0 fully saturated rings. The first-order valence-electron chi connectivity index (χ1n) is 6.34. The van der Waals surface area contributed by atoms with Crippen molar-refractivity contribution >= 4 is 16.4 Å². The standard InChI is InChI=1S/C17H12N2/c1-2-7-13(8-3-1)16-14-9-4-5-10-15(14)17-18-11-6-12-19(16)17/h1-12H. The van der Waals surface area contributed by atoms with Gasteiger partial charge in [-0.15, -0.1) is 0 Å². The molecule has 0 aliphatic rings. The Morgan fingerprint density at radius 2 is 1.47 bits per heavy atom. The molecule has 2 heteroatoms. The Kier molecular flexibility index (Phi) is 2.15. The number of fused-ring (bicyclic) bond motifs is 3. The first-order chi connectivity index (χ1) is 9.45. The number of hydrogen-bond donors (Lipinski definition) is 0. The van der Waals surface area contributed by atoms with Gasteiger partial charge in [0.15, 0.2) is 0 Å². The molecule has 2 aromatic heterocycles. The summed E-state index contributed by atoms with van der Waals surface area (Å²) in [6.45, 7) is 0. The van der Waals surface area contributed by atoms with Crippen LogP contribution in [0.3, 0.4) is 0 Å². The SMILES string of the molecule is c1ccc(-c2c3ccccc3c3ncccn23)cc1. The van der Waals surface area contributed by atoms with Crippen LogP contribution in [0.5, 0.6) is 0 Å². The number of nitrogens with zero attached hydrogens (tertiary/aromatic N) is 2. The van der Waals surface area contributed by atoms with Crippen molar-refractivity contribution in [3.05, 3.63) is 73.1 Å². The van der Waals surface area contributed by atoms with Crippen LogP contribution in [0.25, 0.3) is 27.7 Å². The zero-order chi connectivity index (χ0) is 12.7. The predicted octanol–water partition coefficient (Wildman–Crippen LogP) is 4.15. The molecular weight excluding hydrogens is 232 g/mol. The molecular formula is C17H12N2. The molecule has 0 N–H and O–H groups in total. The summed E-state index contributed by atoms with van der Waals surface area (Å²) in [5.74, 6) is 0. The van der Waals surface area contributed by atoms with Crippen molar-refractivity contribution < 1.29 is 0 Å². The second-order valence-electron chi connectivity index (χ2n) is 4.57. The summed E-state index contributed by atoms with van der Waals surface area (Å²) >= 11 is 0. The van der Waals surface area contributed by atoms with Crippen molar-refractivity contribution in [2.75, 3.05) is 0 Å². The van der Waals surface area contributed by atoms with Crippen molar-refractivity contribution in [2.24, 2.45) is 0 Å². The summed E-state index contributed by atoms with van der Waals surface area (Å²) in [7, 11) is 0. The molecule has 90 valence electrons. The zero-order valence-electron chi connectivity index (χ0n) is 10.3. The number of hydrogen-bond acceptors (Lipinski definition) is 1. The van der Waals surface area contributed by atoms with E-state index in [1.165, 1.54) is 22.0 Å². The molecule has 4 aromatic rings. The Hall–Kier alpha value is -2.61. The highest BCUT2D eigenvalue weighted by Gasteiger charge is 2.12. The maximum absolute atomic E-state index is 4.52. The lowest BCUT2D eigenvalue weighted by atomic mass is 10.1. The van der Waals surface area contributed by atoms with Gasteiger partial charge in [-0.25, -0.2) is 4.98 Å². The van der Waals surface area contributed by atoms with E-state index in [9.17, 15) is 0 Å². The largest absolute Gasteiger partial charge is 0.300 e. The molecule has 0 saturated heterocycles. The van der Waals surface area contributed by atoms with Crippen LogP contribution in [0.2, 0.25) is 0 Å². The monoisotopic (exact) mass is 244 g/mol. The first-order valence-corrected chi connectivity index (χ1v) is 6.34. The molecule has 0 atom stereocenters. The molecule has 2 aromatic carbocycles. The highest BCUT2D eigenvalue weighted by Crippen LogP contribution is 2.32.